The summed E-state index contributed by atoms with van der Waals surface area (Å²) in [6, 6.07) is 5.93. The van der Waals surface area contributed by atoms with Crippen LogP contribution < -0.4 is 10.1 Å². The fourth-order valence-corrected chi connectivity index (χ4v) is 2.51. The number of rotatable bonds is 5. The first-order valence-electron chi connectivity index (χ1n) is 6.93. The Balaban J connectivity index is 1.65. The average Bonchev–Trinajstić information content (AvgIpc) is 3.07. The van der Waals surface area contributed by atoms with Crippen LogP contribution in [0, 0.1) is 0 Å². The van der Waals surface area contributed by atoms with Crippen molar-refractivity contribution in [2.45, 2.75) is 38.9 Å². The van der Waals surface area contributed by atoms with Gasteiger partial charge in [-0.15, -0.1) is 10.2 Å². The Morgan fingerprint density at radius 1 is 1.40 bits per heavy atom. The molecule has 0 saturated heterocycles. The van der Waals surface area contributed by atoms with E-state index in [0.29, 0.717) is 12.4 Å². The van der Waals surface area contributed by atoms with Crippen molar-refractivity contribution in [3.63, 3.8) is 0 Å². The fraction of sp³-hybridized carbons (Fsp3) is 0.500. The van der Waals surface area contributed by atoms with Crippen LogP contribution in [0.4, 0.5) is 0 Å². The van der Waals surface area contributed by atoms with Gasteiger partial charge in [-0.2, -0.15) is 0 Å². The molecule has 0 amide bonds. The lowest BCUT2D eigenvalue weighted by atomic mass is 10.3. The van der Waals surface area contributed by atoms with Gasteiger partial charge in [-0.25, -0.2) is 4.98 Å². The largest absolute Gasteiger partial charge is 0.481 e. The van der Waals surface area contributed by atoms with E-state index < -0.39 is 0 Å². The summed E-state index contributed by atoms with van der Waals surface area (Å²) >= 11 is 0. The molecular weight excluding hydrogens is 254 g/mol. The monoisotopic (exact) mass is 273 g/mol. The van der Waals surface area contributed by atoms with E-state index in [9.17, 15) is 0 Å². The number of aryl methyl sites for hydroxylation is 1. The first-order valence-corrected chi connectivity index (χ1v) is 6.93. The Morgan fingerprint density at radius 3 is 3.15 bits per heavy atom. The highest BCUT2D eigenvalue weighted by Crippen LogP contribution is 2.19. The van der Waals surface area contributed by atoms with Crippen molar-refractivity contribution in [2.75, 3.05) is 7.11 Å². The molecule has 3 rings (SSSR count). The molecule has 0 radical (unpaired) electrons. The number of hydrogen-bond donors (Lipinski definition) is 1. The van der Waals surface area contributed by atoms with Gasteiger partial charge in [-0.3, -0.25) is 0 Å². The summed E-state index contributed by atoms with van der Waals surface area (Å²) in [7, 11) is 1.63. The molecule has 3 heterocycles. The standard InChI is InChI=1S/C14H19N5O/c1-10(14-18-17-12-6-4-8-19(12)14)15-9-11-5-3-7-13(16-11)20-2/h3,5,7,10,15H,4,6,8-9H2,1-2H3. The summed E-state index contributed by atoms with van der Waals surface area (Å²) in [5, 5.41) is 12.0. The van der Waals surface area contributed by atoms with Crippen LogP contribution in [0.5, 0.6) is 5.88 Å². The number of methoxy groups -OCH3 is 1. The molecule has 20 heavy (non-hydrogen) atoms. The maximum absolute atomic E-state index is 5.13. The molecule has 106 valence electrons. The molecule has 0 bridgehead atoms. The van der Waals surface area contributed by atoms with Crippen LogP contribution in [0.1, 0.15) is 36.7 Å². The molecule has 2 aromatic rings. The van der Waals surface area contributed by atoms with Gasteiger partial charge in [-0.1, -0.05) is 6.07 Å². The lowest BCUT2D eigenvalue weighted by Crippen LogP contribution is -2.22. The zero-order valence-corrected chi connectivity index (χ0v) is 11.8. The first-order chi connectivity index (χ1) is 9.78. The van der Waals surface area contributed by atoms with Crippen LogP contribution in [0.25, 0.3) is 0 Å². The molecule has 6 nitrogen and oxygen atoms in total. The van der Waals surface area contributed by atoms with Gasteiger partial charge in [0, 0.05) is 25.6 Å². The van der Waals surface area contributed by atoms with E-state index in [1.165, 1.54) is 6.42 Å². The fourth-order valence-electron chi connectivity index (χ4n) is 2.51. The van der Waals surface area contributed by atoms with Gasteiger partial charge >= 0.3 is 0 Å². The minimum absolute atomic E-state index is 0.155. The van der Waals surface area contributed by atoms with Crippen molar-refractivity contribution in [3.8, 4) is 5.88 Å². The van der Waals surface area contributed by atoms with Gasteiger partial charge in [0.05, 0.1) is 18.8 Å². The molecule has 1 aliphatic rings. The van der Waals surface area contributed by atoms with E-state index in [0.717, 1.165) is 30.3 Å². The second-order valence-electron chi connectivity index (χ2n) is 5.00. The van der Waals surface area contributed by atoms with E-state index >= 15 is 0 Å². The van der Waals surface area contributed by atoms with E-state index in [1.54, 1.807) is 7.11 Å². The zero-order chi connectivity index (χ0) is 13.9. The third-order valence-corrected chi connectivity index (χ3v) is 3.61. The third kappa shape index (κ3) is 2.51. The molecular formula is C14H19N5O. The maximum Gasteiger partial charge on any atom is 0.213 e. The first kappa shape index (κ1) is 13.1. The van der Waals surface area contributed by atoms with Crippen LogP contribution in [0.3, 0.4) is 0 Å². The molecule has 1 aliphatic heterocycles. The van der Waals surface area contributed by atoms with E-state index in [2.05, 4.69) is 32.0 Å². The molecule has 0 aromatic carbocycles. The predicted molar refractivity (Wildman–Crippen MR) is 74.4 cm³/mol. The topological polar surface area (TPSA) is 64.9 Å². The maximum atomic E-state index is 5.13. The number of nitrogens with zero attached hydrogens (tertiary/aromatic N) is 4. The van der Waals surface area contributed by atoms with Crippen LogP contribution in [0.2, 0.25) is 0 Å². The molecule has 0 fully saturated rings. The van der Waals surface area contributed by atoms with Crippen LogP contribution in [-0.2, 0) is 19.5 Å². The highest BCUT2D eigenvalue weighted by Gasteiger charge is 2.20. The molecule has 0 spiro atoms. The van der Waals surface area contributed by atoms with Gasteiger partial charge < -0.3 is 14.6 Å². The molecule has 1 N–H and O–H groups in total. The second-order valence-corrected chi connectivity index (χ2v) is 5.00. The Morgan fingerprint density at radius 2 is 2.30 bits per heavy atom. The summed E-state index contributed by atoms with van der Waals surface area (Å²) in [5.74, 6) is 2.76. The summed E-state index contributed by atoms with van der Waals surface area (Å²) in [6.07, 6.45) is 2.21. The van der Waals surface area contributed by atoms with E-state index in [-0.39, 0.29) is 6.04 Å². The van der Waals surface area contributed by atoms with E-state index in [1.807, 2.05) is 18.2 Å². The normalized spacial score (nSPS) is 15.1. The Bertz CT molecular complexity index is 595. The van der Waals surface area contributed by atoms with E-state index in [4.69, 9.17) is 4.74 Å². The van der Waals surface area contributed by atoms with Crippen molar-refractivity contribution in [1.82, 2.24) is 25.1 Å². The average molecular weight is 273 g/mol. The van der Waals surface area contributed by atoms with Crippen molar-refractivity contribution >= 4 is 0 Å². The molecule has 1 unspecified atom stereocenters. The Hall–Kier alpha value is -1.95. The molecule has 2 aromatic heterocycles. The van der Waals surface area contributed by atoms with Crippen molar-refractivity contribution in [1.29, 1.82) is 0 Å². The Labute approximate surface area is 118 Å². The number of pyridine rings is 1. The minimum Gasteiger partial charge on any atom is -0.481 e. The van der Waals surface area contributed by atoms with Crippen molar-refractivity contribution in [3.05, 3.63) is 35.5 Å². The van der Waals surface area contributed by atoms with Crippen LogP contribution in [0.15, 0.2) is 18.2 Å². The zero-order valence-electron chi connectivity index (χ0n) is 11.8. The molecule has 6 heteroatoms. The van der Waals surface area contributed by atoms with Crippen LogP contribution in [-0.4, -0.2) is 26.9 Å². The van der Waals surface area contributed by atoms with Gasteiger partial charge in [0.2, 0.25) is 5.88 Å². The van der Waals surface area contributed by atoms with Gasteiger partial charge in [-0.05, 0) is 19.4 Å². The molecule has 0 aliphatic carbocycles. The number of aromatic nitrogens is 4. The third-order valence-electron chi connectivity index (χ3n) is 3.61. The van der Waals surface area contributed by atoms with Crippen LogP contribution >= 0.6 is 0 Å². The quantitative estimate of drug-likeness (QED) is 0.894. The summed E-state index contributed by atoms with van der Waals surface area (Å²) in [6.45, 7) is 3.82. The highest BCUT2D eigenvalue weighted by molar-refractivity contribution is 5.15. The highest BCUT2D eigenvalue weighted by atomic mass is 16.5. The van der Waals surface area contributed by atoms with Crippen molar-refractivity contribution < 1.29 is 4.74 Å². The molecule has 0 saturated carbocycles. The summed E-state index contributed by atoms with van der Waals surface area (Å²) in [5.41, 5.74) is 0.956. The van der Waals surface area contributed by atoms with Gasteiger partial charge in [0.25, 0.3) is 0 Å². The second kappa shape index (κ2) is 5.58. The predicted octanol–water partition coefficient (Wildman–Crippen LogP) is 1.48. The summed E-state index contributed by atoms with van der Waals surface area (Å²) in [4.78, 5) is 4.39. The number of ether oxygens (including phenoxy) is 1. The number of nitrogens with one attached hydrogen (secondary N) is 1. The SMILES string of the molecule is COc1cccc(CNC(C)c2nnc3n2CCC3)n1. The number of fused-ring (bicyclic) bond motifs is 1. The summed E-state index contributed by atoms with van der Waals surface area (Å²) < 4.78 is 7.35. The van der Waals surface area contributed by atoms with Gasteiger partial charge in [0.15, 0.2) is 0 Å². The lowest BCUT2D eigenvalue weighted by molar-refractivity contribution is 0.395. The lowest BCUT2D eigenvalue weighted by Gasteiger charge is -2.13. The molecule has 1 atom stereocenters. The van der Waals surface area contributed by atoms with Gasteiger partial charge in [0.1, 0.15) is 11.6 Å². The minimum atomic E-state index is 0.155. The van der Waals surface area contributed by atoms with Crippen molar-refractivity contribution in [2.24, 2.45) is 0 Å². The number of hydrogen-bond acceptors (Lipinski definition) is 5. The Kier molecular flexibility index (Phi) is 3.64. The smallest absolute Gasteiger partial charge is 0.213 e.